The first kappa shape index (κ1) is 23.8. The fraction of sp³-hybridized carbons (Fsp3) is 0.267. The molecule has 0 unspecified atom stereocenters. The number of benzene rings is 2. The van der Waals surface area contributed by atoms with Crippen LogP contribution in [0, 0.1) is 0 Å². The van der Waals surface area contributed by atoms with Gasteiger partial charge >= 0.3 is 5.97 Å². The number of piperidine rings is 1. The molecule has 2 aromatic carbocycles. The van der Waals surface area contributed by atoms with Crippen LogP contribution in [0.2, 0.25) is 5.02 Å². The minimum absolute atomic E-state index is 0.650. The molecule has 3 heterocycles. The standard InChI is InChI=1S/C30H28ClN3O3/c1-37-22-7-9-26-24(16-22)25(17-33-26)29(30(35)36)34-13-10-18(11-14-34)27-23-8-6-21(31)15-20(23)5-4-19-3-2-12-32-28(19)27/h2-3,6-9,12,15-17,29,33H,4-5,10-11,13-14H2,1H3,(H,35,36)/t29-/m1/s1. The Labute approximate surface area is 220 Å². The van der Waals surface area contributed by atoms with Crippen LogP contribution < -0.4 is 4.74 Å². The van der Waals surface area contributed by atoms with E-state index in [0.717, 1.165) is 52.9 Å². The summed E-state index contributed by atoms with van der Waals surface area (Å²) in [6.07, 6.45) is 7.09. The van der Waals surface area contributed by atoms with E-state index in [9.17, 15) is 9.90 Å². The van der Waals surface area contributed by atoms with Crippen molar-refractivity contribution in [2.75, 3.05) is 20.2 Å². The number of aliphatic carboxylic acids is 1. The molecule has 1 saturated heterocycles. The number of rotatable bonds is 4. The van der Waals surface area contributed by atoms with Gasteiger partial charge in [-0.1, -0.05) is 29.3 Å². The number of fused-ring (bicyclic) bond motifs is 3. The van der Waals surface area contributed by atoms with E-state index in [1.54, 1.807) is 7.11 Å². The van der Waals surface area contributed by atoms with Crippen molar-refractivity contribution in [3.8, 4) is 5.75 Å². The third-order valence-electron chi connectivity index (χ3n) is 7.70. The summed E-state index contributed by atoms with van der Waals surface area (Å²) in [5.74, 6) is -0.136. The van der Waals surface area contributed by atoms with Crippen molar-refractivity contribution in [1.82, 2.24) is 14.9 Å². The van der Waals surface area contributed by atoms with Crippen LogP contribution in [0.3, 0.4) is 0 Å². The lowest BCUT2D eigenvalue weighted by atomic mass is 9.88. The number of carboxylic acid groups (broad SMARTS) is 1. The Morgan fingerprint density at radius 2 is 1.89 bits per heavy atom. The van der Waals surface area contributed by atoms with Crippen LogP contribution in [0.4, 0.5) is 0 Å². The molecule has 6 rings (SSSR count). The van der Waals surface area contributed by atoms with Crippen molar-refractivity contribution in [3.05, 3.63) is 99.5 Å². The number of halogens is 1. The van der Waals surface area contributed by atoms with Gasteiger partial charge in [0, 0.05) is 52.5 Å². The van der Waals surface area contributed by atoms with E-state index in [0.29, 0.717) is 18.8 Å². The number of ether oxygens (including phenoxy) is 1. The molecule has 0 radical (unpaired) electrons. The molecule has 7 heteroatoms. The molecule has 2 aliphatic rings. The summed E-state index contributed by atoms with van der Waals surface area (Å²) < 4.78 is 5.39. The summed E-state index contributed by atoms with van der Waals surface area (Å²) in [4.78, 5) is 22.7. The van der Waals surface area contributed by atoms with Crippen molar-refractivity contribution in [1.29, 1.82) is 0 Å². The van der Waals surface area contributed by atoms with Crippen molar-refractivity contribution < 1.29 is 14.6 Å². The van der Waals surface area contributed by atoms with Gasteiger partial charge in [-0.15, -0.1) is 0 Å². The second-order valence-corrected chi connectivity index (χ2v) is 10.2. The lowest BCUT2D eigenvalue weighted by Gasteiger charge is -2.34. The molecule has 37 heavy (non-hydrogen) atoms. The quantitative estimate of drug-likeness (QED) is 0.347. The molecule has 4 aromatic rings. The van der Waals surface area contributed by atoms with Gasteiger partial charge in [0.05, 0.1) is 12.8 Å². The zero-order valence-electron chi connectivity index (χ0n) is 20.6. The number of carbonyl (C=O) groups is 1. The zero-order chi connectivity index (χ0) is 25.5. The van der Waals surface area contributed by atoms with E-state index >= 15 is 0 Å². The number of hydrogen-bond donors (Lipinski definition) is 2. The highest BCUT2D eigenvalue weighted by atomic mass is 35.5. The Balaban J connectivity index is 1.37. The largest absolute Gasteiger partial charge is 0.497 e. The van der Waals surface area contributed by atoms with Crippen LogP contribution >= 0.6 is 11.6 Å². The maximum Gasteiger partial charge on any atom is 0.325 e. The maximum atomic E-state index is 12.6. The first-order chi connectivity index (χ1) is 18.0. The second-order valence-electron chi connectivity index (χ2n) is 9.72. The van der Waals surface area contributed by atoms with Crippen LogP contribution in [0.5, 0.6) is 5.75 Å². The summed E-state index contributed by atoms with van der Waals surface area (Å²) in [5, 5.41) is 11.9. The van der Waals surface area contributed by atoms with Gasteiger partial charge in [-0.05, 0) is 78.8 Å². The minimum Gasteiger partial charge on any atom is -0.497 e. The molecule has 6 nitrogen and oxygen atoms in total. The van der Waals surface area contributed by atoms with Crippen LogP contribution in [0.15, 0.2) is 66.5 Å². The molecule has 1 fully saturated rings. The van der Waals surface area contributed by atoms with Crippen molar-refractivity contribution >= 4 is 34.0 Å². The Hall–Kier alpha value is -3.61. The number of aromatic nitrogens is 2. The maximum absolute atomic E-state index is 12.6. The molecule has 0 bridgehead atoms. The smallest absolute Gasteiger partial charge is 0.325 e. The SMILES string of the molecule is COc1ccc2[nH]cc([C@H](C(=O)O)N3CCC(=C4c5ccc(Cl)cc5CCc5cccnc54)CC3)c2c1. The molecular weight excluding hydrogens is 486 g/mol. The molecule has 0 amide bonds. The zero-order valence-corrected chi connectivity index (χ0v) is 21.4. The topological polar surface area (TPSA) is 78.5 Å². The van der Waals surface area contributed by atoms with Gasteiger partial charge in [0.15, 0.2) is 0 Å². The number of aromatic amines is 1. The van der Waals surface area contributed by atoms with Crippen LogP contribution in [0.1, 0.15) is 46.8 Å². The number of H-pyrrole nitrogens is 1. The lowest BCUT2D eigenvalue weighted by Crippen LogP contribution is -2.38. The summed E-state index contributed by atoms with van der Waals surface area (Å²) in [7, 11) is 1.62. The summed E-state index contributed by atoms with van der Waals surface area (Å²) in [5.41, 5.74) is 8.92. The molecule has 0 saturated carbocycles. The Kier molecular flexibility index (Phi) is 6.22. The van der Waals surface area contributed by atoms with Crippen LogP contribution in [-0.2, 0) is 17.6 Å². The van der Waals surface area contributed by atoms with E-state index in [-0.39, 0.29) is 0 Å². The van der Waals surface area contributed by atoms with Crippen molar-refractivity contribution in [2.24, 2.45) is 0 Å². The third-order valence-corrected chi connectivity index (χ3v) is 7.93. The second kappa shape index (κ2) is 9.69. The van der Waals surface area contributed by atoms with E-state index in [2.05, 4.69) is 28.1 Å². The highest BCUT2D eigenvalue weighted by molar-refractivity contribution is 6.30. The molecule has 2 aromatic heterocycles. The van der Waals surface area contributed by atoms with Gasteiger partial charge in [0.2, 0.25) is 0 Å². The molecule has 0 spiro atoms. The van der Waals surface area contributed by atoms with Crippen molar-refractivity contribution in [2.45, 2.75) is 31.7 Å². The third kappa shape index (κ3) is 4.30. The lowest BCUT2D eigenvalue weighted by molar-refractivity contribution is -0.143. The molecule has 1 aliphatic heterocycles. The van der Waals surface area contributed by atoms with Gasteiger partial charge < -0.3 is 14.8 Å². The molecule has 2 N–H and O–H groups in total. The number of methoxy groups -OCH3 is 1. The first-order valence-electron chi connectivity index (χ1n) is 12.6. The number of pyridine rings is 1. The summed E-state index contributed by atoms with van der Waals surface area (Å²) in [6.45, 7) is 1.30. The van der Waals surface area contributed by atoms with Gasteiger partial charge in [-0.25, -0.2) is 0 Å². The van der Waals surface area contributed by atoms with Gasteiger partial charge in [0.25, 0.3) is 0 Å². The molecule has 188 valence electrons. The van der Waals surface area contributed by atoms with E-state index < -0.39 is 12.0 Å². The average molecular weight is 514 g/mol. The van der Waals surface area contributed by atoms with Gasteiger partial charge in [-0.2, -0.15) is 0 Å². The monoisotopic (exact) mass is 513 g/mol. The van der Waals surface area contributed by atoms with Crippen LogP contribution in [0.25, 0.3) is 16.5 Å². The number of aryl methyl sites for hydroxylation is 2. The number of nitrogens with zero attached hydrogens (tertiary/aromatic N) is 2. The van der Waals surface area contributed by atoms with Gasteiger partial charge in [0.1, 0.15) is 11.8 Å². The molecule has 1 aliphatic carbocycles. The number of carboxylic acids is 1. The predicted octanol–water partition coefficient (Wildman–Crippen LogP) is 6.05. The first-order valence-corrected chi connectivity index (χ1v) is 13.0. The van der Waals surface area contributed by atoms with Crippen LogP contribution in [-0.4, -0.2) is 46.1 Å². The molecule has 1 atom stereocenters. The normalized spacial score (nSPS) is 16.7. The van der Waals surface area contributed by atoms with E-state index in [1.807, 2.05) is 42.7 Å². The van der Waals surface area contributed by atoms with E-state index in [4.69, 9.17) is 21.3 Å². The minimum atomic E-state index is -0.846. The number of nitrogens with one attached hydrogen (secondary N) is 1. The van der Waals surface area contributed by atoms with Gasteiger partial charge in [-0.3, -0.25) is 14.7 Å². The Morgan fingerprint density at radius 1 is 1.08 bits per heavy atom. The number of hydrogen-bond acceptors (Lipinski definition) is 4. The molecular formula is C30H28ClN3O3. The Bertz CT molecular complexity index is 1530. The average Bonchev–Trinajstić information content (AvgIpc) is 3.24. The fourth-order valence-corrected chi connectivity index (χ4v) is 6.09. The summed E-state index contributed by atoms with van der Waals surface area (Å²) >= 11 is 6.36. The number of likely N-dealkylation sites (tertiary alicyclic amines) is 1. The summed E-state index contributed by atoms with van der Waals surface area (Å²) in [6, 6.07) is 15.3. The predicted molar refractivity (Wildman–Crippen MR) is 145 cm³/mol. The van der Waals surface area contributed by atoms with Crippen molar-refractivity contribution in [3.63, 3.8) is 0 Å². The highest BCUT2D eigenvalue weighted by Crippen LogP contribution is 2.40. The highest BCUT2D eigenvalue weighted by Gasteiger charge is 2.33. The fourth-order valence-electron chi connectivity index (χ4n) is 5.90. The van der Waals surface area contributed by atoms with E-state index in [1.165, 1.54) is 27.8 Å². The Morgan fingerprint density at radius 3 is 2.68 bits per heavy atom.